The first-order valence-corrected chi connectivity index (χ1v) is 3.98. The van der Waals surface area contributed by atoms with Crippen molar-refractivity contribution in [2.45, 2.75) is 10.8 Å². The van der Waals surface area contributed by atoms with Crippen LogP contribution in [0.5, 0.6) is 0 Å². The van der Waals surface area contributed by atoms with Crippen LogP contribution in [0.1, 0.15) is 6.42 Å². The molecule has 0 bridgehead atoms. The second-order valence-corrected chi connectivity index (χ2v) is 4.01. The molecule has 1 rings (SSSR count). The summed E-state index contributed by atoms with van der Waals surface area (Å²) >= 11 is 14.6. The summed E-state index contributed by atoms with van der Waals surface area (Å²) in [6, 6.07) is 0. The first-order chi connectivity index (χ1) is 3.17. The zero-order valence-electron chi connectivity index (χ0n) is 3.63. The molecular weight excluding hydrogens is 199 g/mol. The molecule has 0 amide bonds. The lowest BCUT2D eigenvalue weighted by molar-refractivity contribution is 0.990. The lowest BCUT2D eigenvalue weighted by atomic mass is 10.5. The Balaban J connectivity index is 2.30. The fourth-order valence-electron chi connectivity index (χ4n) is 0.437. The van der Waals surface area contributed by atoms with E-state index in [2.05, 4.69) is 15.9 Å². The highest BCUT2D eigenvalue weighted by Crippen LogP contribution is 2.53. The number of alkyl halides is 3. The van der Waals surface area contributed by atoms with E-state index in [9.17, 15) is 0 Å². The van der Waals surface area contributed by atoms with Gasteiger partial charge < -0.3 is 0 Å². The Labute approximate surface area is 61.3 Å². The molecule has 0 N–H and O–H groups in total. The third-order valence-electron chi connectivity index (χ3n) is 1.14. The third kappa shape index (κ3) is 1.24. The van der Waals surface area contributed by atoms with Crippen molar-refractivity contribution < 1.29 is 0 Å². The van der Waals surface area contributed by atoms with Crippen molar-refractivity contribution in [1.29, 1.82) is 0 Å². The molecule has 1 fully saturated rings. The highest BCUT2D eigenvalue weighted by atomic mass is 79.9. The molecule has 42 valence electrons. The number of rotatable bonds is 1. The van der Waals surface area contributed by atoms with E-state index < -0.39 is 0 Å². The number of halogens is 3. The molecule has 3 heteroatoms. The predicted molar refractivity (Wildman–Crippen MR) is 36.3 cm³/mol. The smallest absolute Gasteiger partial charge is 0.101 e. The maximum atomic E-state index is 5.64. The molecule has 0 saturated heterocycles. The Morgan fingerprint density at radius 2 is 2.14 bits per heavy atom. The molecule has 0 nitrogen and oxygen atoms in total. The second-order valence-electron chi connectivity index (χ2n) is 1.82. The van der Waals surface area contributed by atoms with Gasteiger partial charge in [0.2, 0.25) is 0 Å². The van der Waals surface area contributed by atoms with Gasteiger partial charge >= 0.3 is 0 Å². The van der Waals surface area contributed by atoms with Crippen molar-refractivity contribution in [3.8, 4) is 0 Å². The minimum absolute atomic E-state index is 0.385. The summed E-state index contributed by atoms with van der Waals surface area (Å²) in [5.41, 5.74) is 0. The molecule has 1 atom stereocenters. The highest BCUT2D eigenvalue weighted by Gasteiger charge is 2.50. The Kier molecular flexibility index (Phi) is 1.57. The van der Waals surface area contributed by atoms with E-state index in [-0.39, 0.29) is 4.33 Å². The zero-order valence-corrected chi connectivity index (χ0v) is 6.72. The van der Waals surface area contributed by atoms with Gasteiger partial charge in [0.25, 0.3) is 0 Å². The van der Waals surface area contributed by atoms with Gasteiger partial charge in [0.15, 0.2) is 0 Å². The van der Waals surface area contributed by atoms with E-state index in [0.717, 1.165) is 11.8 Å². The van der Waals surface area contributed by atoms with Crippen LogP contribution in [-0.4, -0.2) is 9.66 Å². The second kappa shape index (κ2) is 1.78. The number of hydrogen-bond donors (Lipinski definition) is 0. The lowest BCUT2D eigenvalue weighted by Crippen LogP contribution is -1.88. The summed E-state index contributed by atoms with van der Waals surface area (Å²) in [5, 5.41) is 0.931. The fourth-order valence-corrected chi connectivity index (χ4v) is 2.12. The van der Waals surface area contributed by atoms with Crippen molar-refractivity contribution >= 4 is 39.1 Å². The van der Waals surface area contributed by atoms with Gasteiger partial charge in [-0.15, -0.1) is 23.2 Å². The lowest BCUT2D eigenvalue weighted by Gasteiger charge is -1.89. The SMILES string of the molecule is ClC1(Cl)C[C@@H]1CBr. The van der Waals surface area contributed by atoms with E-state index in [0.29, 0.717) is 5.92 Å². The molecule has 1 aliphatic rings. The van der Waals surface area contributed by atoms with E-state index in [1.807, 2.05) is 0 Å². The summed E-state index contributed by atoms with van der Waals surface area (Å²) in [5.74, 6) is 0.496. The van der Waals surface area contributed by atoms with E-state index >= 15 is 0 Å². The fraction of sp³-hybridized carbons (Fsp3) is 1.00. The van der Waals surface area contributed by atoms with E-state index in [1.54, 1.807) is 0 Å². The molecule has 0 radical (unpaired) electrons. The van der Waals surface area contributed by atoms with Crippen LogP contribution in [0.4, 0.5) is 0 Å². The largest absolute Gasteiger partial charge is 0.122 e. The standard InChI is InChI=1S/C4H5BrCl2/c5-2-3-1-4(3,6)7/h3H,1-2H2/t3-/m1/s1. The zero-order chi connectivity index (χ0) is 5.49. The van der Waals surface area contributed by atoms with Gasteiger partial charge in [-0.1, -0.05) is 15.9 Å². The summed E-state index contributed by atoms with van der Waals surface area (Å²) in [7, 11) is 0. The third-order valence-corrected chi connectivity index (χ3v) is 2.85. The minimum atomic E-state index is -0.385. The molecule has 0 heterocycles. The van der Waals surface area contributed by atoms with Crippen molar-refractivity contribution in [2.24, 2.45) is 5.92 Å². The molecule has 0 unspecified atom stereocenters. The molecule has 7 heavy (non-hydrogen) atoms. The van der Waals surface area contributed by atoms with Crippen molar-refractivity contribution in [1.82, 2.24) is 0 Å². The van der Waals surface area contributed by atoms with Gasteiger partial charge in [-0.2, -0.15) is 0 Å². The molecule has 0 aromatic heterocycles. The quantitative estimate of drug-likeness (QED) is 0.575. The average Bonchev–Trinajstić information content (AvgIpc) is 2.13. The first-order valence-electron chi connectivity index (χ1n) is 2.10. The van der Waals surface area contributed by atoms with Crippen LogP contribution in [0.3, 0.4) is 0 Å². The van der Waals surface area contributed by atoms with E-state index in [1.165, 1.54) is 0 Å². The minimum Gasteiger partial charge on any atom is -0.101 e. The monoisotopic (exact) mass is 202 g/mol. The van der Waals surface area contributed by atoms with Crippen LogP contribution in [0.15, 0.2) is 0 Å². The summed E-state index contributed by atoms with van der Waals surface area (Å²) in [6.45, 7) is 0. The topological polar surface area (TPSA) is 0 Å². The molecular formula is C4H5BrCl2. The Hall–Kier alpha value is 1.06. The Bertz CT molecular complexity index is 81.8. The van der Waals surface area contributed by atoms with Gasteiger partial charge in [-0.25, -0.2) is 0 Å². The van der Waals surface area contributed by atoms with Crippen LogP contribution in [0, 0.1) is 5.92 Å². The molecule has 1 aliphatic carbocycles. The molecule has 0 aromatic rings. The highest BCUT2D eigenvalue weighted by molar-refractivity contribution is 9.09. The Morgan fingerprint density at radius 1 is 1.71 bits per heavy atom. The normalized spacial score (nSPS) is 35.6. The van der Waals surface area contributed by atoms with E-state index in [4.69, 9.17) is 23.2 Å². The molecule has 1 saturated carbocycles. The van der Waals surface area contributed by atoms with Crippen LogP contribution >= 0.6 is 39.1 Å². The molecule has 0 aliphatic heterocycles. The van der Waals surface area contributed by atoms with Crippen molar-refractivity contribution in [2.75, 3.05) is 5.33 Å². The average molecular weight is 204 g/mol. The van der Waals surface area contributed by atoms with Crippen LogP contribution in [0.2, 0.25) is 0 Å². The molecule has 0 aromatic carbocycles. The van der Waals surface area contributed by atoms with Crippen molar-refractivity contribution in [3.05, 3.63) is 0 Å². The van der Waals surface area contributed by atoms with Crippen molar-refractivity contribution in [3.63, 3.8) is 0 Å². The van der Waals surface area contributed by atoms with Gasteiger partial charge in [0.1, 0.15) is 4.33 Å². The maximum Gasteiger partial charge on any atom is 0.122 e. The van der Waals surface area contributed by atoms with Gasteiger partial charge in [0, 0.05) is 11.2 Å². The summed E-state index contributed by atoms with van der Waals surface area (Å²) in [4.78, 5) is 0. The van der Waals surface area contributed by atoms with Crippen LogP contribution in [0.25, 0.3) is 0 Å². The summed E-state index contributed by atoms with van der Waals surface area (Å²) in [6.07, 6.45) is 0.946. The van der Waals surface area contributed by atoms with Gasteiger partial charge in [-0.3, -0.25) is 0 Å². The first kappa shape index (κ1) is 6.18. The predicted octanol–water partition coefficient (Wildman–Crippen LogP) is 2.58. The van der Waals surface area contributed by atoms with Crippen LogP contribution in [-0.2, 0) is 0 Å². The van der Waals surface area contributed by atoms with Gasteiger partial charge in [-0.05, 0) is 6.42 Å². The molecule has 0 spiro atoms. The Morgan fingerprint density at radius 3 is 2.14 bits per heavy atom. The van der Waals surface area contributed by atoms with Gasteiger partial charge in [0.05, 0.1) is 0 Å². The summed E-state index contributed by atoms with van der Waals surface area (Å²) < 4.78 is -0.385. The number of hydrogen-bond acceptors (Lipinski definition) is 0. The maximum absolute atomic E-state index is 5.64. The van der Waals surface area contributed by atoms with Crippen LogP contribution < -0.4 is 0 Å².